The van der Waals surface area contributed by atoms with Crippen LogP contribution in [0.5, 0.6) is 0 Å². The van der Waals surface area contributed by atoms with Gasteiger partial charge in [0.1, 0.15) is 0 Å². The lowest BCUT2D eigenvalue weighted by Crippen LogP contribution is -2.60. The SMILES string of the molecule is CCNS(=O)(=O)CCNC1CC(O)C1(C)C. The van der Waals surface area contributed by atoms with Crippen molar-refractivity contribution in [2.75, 3.05) is 18.8 Å². The lowest BCUT2D eigenvalue weighted by molar-refractivity contribution is -0.0716. The van der Waals surface area contributed by atoms with E-state index in [9.17, 15) is 13.5 Å². The maximum Gasteiger partial charge on any atom is 0.212 e. The smallest absolute Gasteiger partial charge is 0.212 e. The minimum atomic E-state index is -3.14. The molecule has 2 unspecified atom stereocenters. The van der Waals surface area contributed by atoms with Crippen LogP contribution in [-0.2, 0) is 10.0 Å². The highest BCUT2D eigenvalue weighted by atomic mass is 32.2. The normalized spacial score (nSPS) is 28.8. The van der Waals surface area contributed by atoms with Gasteiger partial charge in [-0.05, 0) is 6.42 Å². The summed E-state index contributed by atoms with van der Waals surface area (Å²) in [6, 6.07) is 0.208. The Bertz CT molecular complexity index is 327. The molecule has 0 radical (unpaired) electrons. The molecule has 0 aromatic carbocycles. The second-order valence-electron chi connectivity index (χ2n) is 4.90. The topological polar surface area (TPSA) is 78.4 Å². The fourth-order valence-corrected chi connectivity index (χ4v) is 2.88. The molecule has 96 valence electrons. The van der Waals surface area contributed by atoms with E-state index in [4.69, 9.17) is 0 Å². The highest BCUT2D eigenvalue weighted by molar-refractivity contribution is 7.89. The summed E-state index contributed by atoms with van der Waals surface area (Å²) in [4.78, 5) is 0. The zero-order valence-corrected chi connectivity index (χ0v) is 11.0. The van der Waals surface area contributed by atoms with Gasteiger partial charge in [-0.25, -0.2) is 13.1 Å². The fraction of sp³-hybridized carbons (Fsp3) is 1.00. The average molecular weight is 250 g/mol. The molecule has 3 N–H and O–H groups in total. The molecule has 2 atom stereocenters. The van der Waals surface area contributed by atoms with Crippen molar-refractivity contribution >= 4 is 10.0 Å². The van der Waals surface area contributed by atoms with E-state index >= 15 is 0 Å². The fourth-order valence-electron chi connectivity index (χ4n) is 1.91. The van der Waals surface area contributed by atoms with E-state index in [0.717, 1.165) is 0 Å². The van der Waals surface area contributed by atoms with Gasteiger partial charge in [0, 0.05) is 24.5 Å². The van der Waals surface area contributed by atoms with Crippen LogP contribution in [0.4, 0.5) is 0 Å². The molecule has 1 fully saturated rings. The summed E-state index contributed by atoms with van der Waals surface area (Å²) in [5, 5.41) is 12.7. The van der Waals surface area contributed by atoms with Gasteiger partial charge in [0.15, 0.2) is 0 Å². The molecule has 0 amide bonds. The highest BCUT2D eigenvalue weighted by Gasteiger charge is 2.46. The Morgan fingerprint density at radius 1 is 1.44 bits per heavy atom. The van der Waals surface area contributed by atoms with Gasteiger partial charge in [-0.3, -0.25) is 0 Å². The molecule has 1 aliphatic rings. The first-order valence-corrected chi connectivity index (χ1v) is 7.33. The first kappa shape index (κ1) is 13.9. The number of aliphatic hydroxyl groups is 1. The Labute approximate surface area is 97.7 Å². The molecule has 0 aliphatic heterocycles. The van der Waals surface area contributed by atoms with E-state index in [1.54, 1.807) is 6.92 Å². The van der Waals surface area contributed by atoms with Gasteiger partial charge in [0.2, 0.25) is 10.0 Å². The van der Waals surface area contributed by atoms with E-state index in [0.29, 0.717) is 19.5 Å². The molecular formula is C10H22N2O3S. The highest BCUT2D eigenvalue weighted by Crippen LogP contribution is 2.40. The maximum absolute atomic E-state index is 11.3. The zero-order valence-electron chi connectivity index (χ0n) is 10.2. The predicted molar refractivity (Wildman–Crippen MR) is 63.7 cm³/mol. The number of nitrogens with one attached hydrogen (secondary N) is 2. The van der Waals surface area contributed by atoms with Crippen LogP contribution in [0.3, 0.4) is 0 Å². The molecule has 0 spiro atoms. The van der Waals surface area contributed by atoms with Crippen LogP contribution in [0, 0.1) is 5.41 Å². The van der Waals surface area contributed by atoms with Gasteiger partial charge in [0.25, 0.3) is 0 Å². The third kappa shape index (κ3) is 3.16. The molecule has 1 rings (SSSR count). The summed E-state index contributed by atoms with van der Waals surface area (Å²) >= 11 is 0. The number of hydrogen-bond donors (Lipinski definition) is 3. The van der Waals surface area contributed by atoms with Crippen molar-refractivity contribution in [3.05, 3.63) is 0 Å². The van der Waals surface area contributed by atoms with Gasteiger partial charge in [-0.1, -0.05) is 20.8 Å². The number of rotatable bonds is 6. The second-order valence-corrected chi connectivity index (χ2v) is 6.82. The zero-order chi connectivity index (χ0) is 12.4. The van der Waals surface area contributed by atoms with Crippen LogP contribution < -0.4 is 10.0 Å². The first-order chi connectivity index (χ1) is 7.29. The number of hydrogen-bond acceptors (Lipinski definition) is 4. The molecule has 1 saturated carbocycles. The summed E-state index contributed by atoms with van der Waals surface area (Å²) in [6.45, 7) is 6.58. The van der Waals surface area contributed by atoms with Crippen LogP contribution in [-0.4, -0.2) is 44.5 Å². The van der Waals surface area contributed by atoms with Crippen LogP contribution in [0.1, 0.15) is 27.2 Å². The Morgan fingerprint density at radius 2 is 2.06 bits per heavy atom. The monoisotopic (exact) mass is 250 g/mol. The van der Waals surface area contributed by atoms with Gasteiger partial charge in [-0.15, -0.1) is 0 Å². The van der Waals surface area contributed by atoms with Crippen LogP contribution >= 0.6 is 0 Å². The Kier molecular flexibility index (Phi) is 4.34. The summed E-state index contributed by atoms with van der Waals surface area (Å²) in [5.41, 5.74) is -0.151. The summed E-state index contributed by atoms with van der Waals surface area (Å²) in [7, 11) is -3.14. The maximum atomic E-state index is 11.3. The minimum Gasteiger partial charge on any atom is -0.392 e. The minimum absolute atomic E-state index is 0.0868. The lowest BCUT2D eigenvalue weighted by Gasteiger charge is -2.49. The van der Waals surface area contributed by atoms with Crippen LogP contribution in [0.15, 0.2) is 0 Å². The predicted octanol–water partition coefficient (Wildman–Crippen LogP) is -0.325. The third-order valence-corrected chi connectivity index (χ3v) is 4.81. The molecular weight excluding hydrogens is 228 g/mol. The molecule has 6 heteroatoms. The van der Waals surface area contributed by atoms with Gasteiger partial charge in [-0.2, -0.15) is 0 Å². The van der Waals surface area contributed by atoms with Crippen molar-refractivity contribution in [3.63, 3.8) is 0 Å². The Balaban J connectivity index is 2.27. The van der Waals surface area contributed by atoms with Crippen molar-refractivity contribution in [2.45, 2.75) is 39.3 Å². The second kappa shape index (κ2) is 5.00. The standard InChI is InChI=1S/C10H22N2O3S/c1-4-12-16(14,15)6-5-11-8-7-9(13)10(8,2)3/h8-9,11-13H,4-7H2,1-3H3. The number of sulfonamides is 1. The van der Waals surface area contributed by atoms with E-state index in [1.807, 2.05) is 13.8 Å². The molecule has 0 aromatic rings. The van der Waals surface area contributed by atoms with E-state index in [-0.39, 0.29) is 23.3 Å². The van der Waals surface area contributed by atoms with E-state index in [2.05, 4.69) is 10.0 Å². The van der Waals surface area contributed by atoms with Crippen LogP contribution in [0.2, 0.25) is 0 Å². The summed E-state index contributed by atoms with van der Waals surface area (Å²) in [6.07, 6.45) is 0.421. The van der Waals surface area contributed by atoms with Gasteiger partial charge >= 0.3 is 0 Å². The van der Waals surface area contributed by atoms with Crippen LogP contribution in [0.25, 0.3) is 0 Å². The van der Waals surface area contributed by atoms with Crippen molar-refractivity contribution in [2.24, 2.45) is 5.41 Å². The lowest BCUT2D eigenvalue weighted by atomic mass is 9.64. The number of aliphatic hydroxyl groups excluding tert-OH is 1. The molecule has 1 aliphatic carbocycles. The Hall–Kier alpha value is -0.170. The van der Waals surface area contributed by atoms with E-state index < -0.39 is 10.0 Å². The summed E-state index contributed by atoms with van der Waals surface area (Å²) in [5.74, 6) is 0.0868. The van der Waals surface area contributed by atoms with Gasteiger partial charge < -0.3 is 10.4 Å². The quantitative estimate of drug-likeness (QED) is 0.603. The Morgan fingerprint density at radius 3 is 2.50 bits per heavy atom. The van der Waals surface area contributed by atoms with Gasteiger partial charge in [0.05, 0.1) is 11.9 Å². The molecule has 0 heterocycles. The van der Waals surface area contributed by atoms with Crippen molar-refractivity contribution in [1.82, 2.24) is 10.0 Å². The molecule has 16 heavy (non-hydrogen) atoms. The average Bonchev–Trinajstić information content (AvgIpc) is 2.16. The first-order valence-electron chi connectivity index (χ1n) is 5.68. The molecule has 0 saturated heterocycles. The largest absolute Gasteiger partial charge is 0.392 e. The van der Waals surface area contributed by atoms with Crippen molar-refractivity contribution < 1.29 is 13.5 Å². The van der Waals surface area contributed by atoms with E-state index in [1.165, 1.54) is 0 Å². The summed E-state index contributed by atoms with van der Waals surface area (Å²) < 4.78 is 25.1. The molecule has 0 aromatic heterocycles. The third-order valence-electron chi connectivity index (χ3n) is 3.34. The van der Waals surface area contributed by atoms with Crippen molar-refractivity contribution in [1.29, 1.82) is 0 Å². The molecule has 0 bridgehead atoms. The van der Waals surface area contributed by atoms with Crippen molar-refractivity contribution in [3.8, 4) is 0 Å². The molecule has 5 nitrogen and oxygen atoms in total.